The molecule has 2 heterocycles. The summed E-state index contributed by atoms with van der Waals surface area (Å²) in [7, 11) is 0. The van der Waals surface area contributed by atoms with Gasteiger partial charge >= 0.3 is 0 Å². The molecular formula is C16H15N5O3S. The van der Waals surface area contributed by atoms with E-state index in [2.05, 4.69) is 9.97 Å². The van der Waals surface area contributed by atoms with Crippen LogP contribution in [0.2, 0.25) is 0 Å². The molecule has 0 aliphatic rings. The summed E-state index contributed by atoms with van der Waals surface area (Å²) < 4.78 is 5.25. The first-order valence-corrected chi connectivity index (χ1v) is 8.22. The van der Waals surface area contributed by atoms with Gasteiger partial charge in [-0.15, -0.1) is 11.8 Å². The molecule has 0 atom stereocenters. The Morgan fingerprint density at radius 2 is 1.92 bits per heavy atom. The van der Waals surface area contributed by atoms with Crippen LogP contribution in [0.15, 0.2) is 23.4 Å². The Morgan fingerprint density at radius 1 is 1.16 bits per heavy atom. The van der Waals surface area contributed by atoms with Gasteiger partial charge in [-0.25, -0.2) is 4.98 Å². The third-order valence-electron chi connectivity index (χ3n) is 3.10. The molecule has 2 rings (SSSR count). The summed E-state index contributed by atoms with van der Waals surface area (Å²) in [5.74, 6) is 0.791. The first-order valence-electron chi connectivity index (χ1n) is 7.23. The molecule has 4 N–H and O–H groups in total. The second-order valence-corrected chi connectivity index (χ2v) is 5.76. The zero-order chi connectivity index (χ0) is 18.2. The number of nitrogen functional groups attached to an aromatic ring is 1. The molecular weight excluding hydrogens is 342 g/mol. The molecule has 25 heavy (non-hydrogen) atoms. The van der Waals surface area contributed by atoms with E-state index in [1.165, 1.54) is 18.0 Å². The number of aromatic nitrogens is 2. The topological polar surface area (TPSA) is 149 Å². The fourth-order valence-electron chi connectivity index (χ4n) is 2.08. The number of nitrogens with zero attached hydrogens (tertiary/aromatic N) is 4. The Hall–Kier alpha value is -2.85. The number of hydrogen-bond acceptors (Lipinski definition) is 9. The number of hydrogen-bond donors (Lipinski definition) is 3. The lowest BCUT2D eigenvalue weighted by atomic mass is 10.0. The average molecular weight is 357 g/mol. The normalized spacial score (nSPS) is 10.1. The van der Waals surface area contributed by atoms with Gasteiger partial charge in [-0.1, -0.05) is 0 Å². The molecule has 0 aromatic carbocycles. The zero-order valence-electron chi connectivity index (χ0n) is 13.1. The molecule has 0 fully saturated rings. The van der Waals surface area contributed by atoms with Gasteiger partial charge in [-0.3, -0.25) is 4.98 Å². The highest BCUT2D eigenvalue weighted by molar-refractivity contribution is 7.99. The van der Waals surface area contributed by atoms with E-state index in [0.717, 1.165) is 0 Å². The maximum atomic E-state index is 9.55. The van der Waals surface area contributed by atoms with E-state index in [0.29, 0.717) is 27.8 Å². The zero-order valence-corrected chi connectivity index (χ0v) is 14.0. The molecule has 128 valence electrons. The Bertz CT molecular complexity index is 828. The Kier molecular flexibility index (Phi) is 6.54. The van der Waals surface area contributed by atoms with E-state index in [9.17, 15) is 10.5 Å². The van der Waals surface area contributed by atoms with E-state index in [-0.39, 0.29) is 36.8 Å². The van der Waals surface area contributed by atoms with Crippen molar-refractivity contribution < 1.29 is 14.9 Å². The van der Waals surface area contributed by atoms with Crippen LogP contribution in [0, 0.1) is 22.7 Å². The molecule has 0 unspecified atom stereocenters. The summed E-state index contributed by atoms with van der Waals surface area (Å²) in [5, 5.41) is 37.1. The predicted octanol–water partition coefficient (Wildman–Crippen LogP) is 0.925. The van der Waals surface area contributed by atoms with Gasteiger partial charge < -0.3 is 20.7 Å². The molecule has 0 bridgehead atoms. The van der Waals surface area contributed by atoms with Crippen molar-refractivity contribution in [2.75, 3.05) is 31.3 Å². The maximum absolute atomic E-state index is 9.55. The molecule has 0 amide bonds. The van der Waals surface area contributed by atoms with E-state index in [1.807, 2.05) is 12.1 Å². The fraction of sp³-hybridized carbons (Fsp3) is 0.250. The SMILES string of the molecule is N#Cc1c(N)nc(SCCO)c(C#N)c1-c1ccc(OCCO)cn1. The molecule has 0 saturated carbocycles. The standard InChI is InChI=1S/C16H15N5O3S/c17-7-11-14(13-2-1-10(9-20-13)24-5-3-22)12(8-18)16(21-15(11)19)25-6-4-23/h1-2,9,22-23H,3-6H2,(H2,19,21). The summed E-state index contributed by atoms with van der Waals surface area (Å²) >= 11 is 1.17. The molecule has 9 heteroatoms. The second-order valence-electron chi connectivity index (χ2n) is 4.67. The van der Waals surface area contributed by atoms with E-state index in [4.69, 9.17) is 20.7 Å². The van der Waals surface area contributed by atoms with Crippen LogP contribution in [0.5, 0.6) is 5.75 Å². The number of thioether (sulfide) groups is 1. The first-order chi connectivity index (χ1) is 12.2. The molecule has 0 saturated heterocycles. The van der Waals surface area contributed by atoms with Gasteiger partial charge in [0.2, 0.25) is 0 Å². The summed E-state index contributed by atoms with van der Waals surface area (Å²) in [6, 6.07) is 7.24. The summed E-state index contributed by atoms with van der Waals surface area (Å²) in [6.45, 7) is -0.0646. The second kappa shape index (κ2) is 8.85. The fourth-order valence-corrected chi connectivity index (χ4v) is 2.82. The van der Waals surface area contributed by atoms with Crippen LogP contribution in [-0.2, 0) is 0 Å². The lowest BCUT2D eigenvalue weighted by molar-refractivity contribution is 0.201. The van der Waals surface area contributed by atoms with E-state index >= 15 is 0 Å². The number of aliphatic hydroxyl groups is 2. The minimum absolute atomic E-state index is 0.000605. The van der Waals surface area contributed by atoms with Crippen LogP contribution >= 0.6 is 11.8 Å². The Morgan fingerprint density at radius 3 is 2.48 bits per heavy atom. The highest BCUT2D eigenvalue weighted by atomic mass is 32.2. The largest absolute Gasteiger partial charge is 0.490 e. The van der Waals surface area contributed by atoms with Crippen molar-refractivity contribution in [2.24, 2.45) is 0 Å². The summed E-state index contributed by atoms with van der Waals surface area (Å²) in [4.78, 5) is 8.33. The van der Waals surface area contributed by atoms with Crippen molar-refractivity contribution in [3.63, 3.8) is 0 Å². The van der Waals surface area contributed by atoms with E-state index in [1.54, 1.807) is 12.1 Å². The van der Waals surface area contributed by atoms with E-state index < -0.39 is 0 Å². The maximum Gasteiger partial charge on any atom is 0.143 e. The predicted molar refractivity (Wildman–Crippen MR) is 91.7 cm³/mol. The van der Waals surface area contributed by atoms with Crippen LogP contribution in [0.25, 0.3) is 11.3 Å². The molecule has 2 aromatic rings. The number of nitrogens with two attached hydrogens (primary N) is 1. The number of ether oxygens (including phenoxy) is 1. The monoisotopic (exact) mass is 357 g/mol. The molecule has 2 aromatic heterocycles. The first kappa shape index (κ1) is 18.5. The highest BCUT2D eigenvalue weighted by Gasteiger charge is 2.21. The lowest BCUT2D eigenvalue weighted by Crippen LogP contribution is -2.05. The molecule has 0 radical (unpaired) electrons. The molecule has 0 aliphatic carbocycles. The van der Waals surface area contributed by atoms with Crippen molar-refractivity contribution >= 4 is 17.6 Å². The average Bonchev–Trinajstić information content (AvgIpc) is 2.64. The van der Waals surface area contributed by atoms with Gasteiger partial charge in [0.25, 0.3) is 0 Å². The van der Waals surface area contributed by atoms with Gasteiger partial charge in [-0.05, 0) is 12.1 Å². The molecule has 8 nitrogen and oxygen atoms in total. The third-order valence-corrected chi connectivity index (χ3v) is 4.05. The minimum atomic E-state index is -0.120. The summed E-state index contributed by atoms with van der Waals surface area (Å²) in [5.41, 5.74) is 6.79. The van der Waals surface area contributed by atoms with Gasteiger partial charge in [0.05, 0.1) is 30.7 Å². The van der Waals surface area contributed by atoms with Crippen LogP contribution in [0.3, 0.4) is 0 Å². The van der Waals surface area contributed by atoms with Crippen molar-refractivity contribution in [1.29, 1.82) is 10.5 Å². The van der Waals surface area contributed by atoms with Crippen molar-refractivity contribution in [2.45, 2.75) is 5.03 Å². The van der Waals surface area contributed by atoms with Gasteiger partial charge in [0.1, 0.15) is 40.9 Å². The minimum Gasteiger partial charge on any atom is -0.490 e. The molecule has 0 spiro atoms. The number of aliphatic hydroxyl groups excluding tert-OH is 2. The van der Waals surface area contributed by atoms with Crippen molar-refractivity contribution in [3.05, 3.63) is 29.5 Å². The smallest absolute Gasteiger partial charge is 0.143 e. The highest BCUT2D eigenvalue weighted by Crippen LogP contribution is 2.34. The molecule has 0 aliphatic heterocycles. The van der Waals surface area contributed by atoms with Gasteiger partial charge in [0.15, 0.2) is 0 Å². The van der Waals surface area contributed by atoms with Crippen LogP contribution in [-0.4, -0.2) is 45.8 Å². The van der Waals surface area contributed by atoms with Gasteiger partial charge in [-0.2, -0.15) is 10.5 Å². The van der Waals surface area contributed by atoms with Crippen molar-refractivity contribution in [1.82, 2.24) is 9.97 Å². The lowest BCUT2D eigenvalue weighted by Gasteiger charge is -2.12. The Balaban J connectivity index is 2.56. The quantitative estimate of drug-likeness (QED) is 0.615. The van der Waals surface area contributed by atoms with Crippen LogP contribution in [0.1, 0.15) is 11.1 Å². The van der Waals surface area contributed by atoms with Crippen LogP contribution in [0.4, 0.5) is 5.82 Å². The number of anilines is 1. The summed E-state index contributed by atoms with van der Waals surface area (Å²) in [6.07, 6.45) is 1.43. The number of pyridine rings is 2. The third kappa shape index (κ3) is 4.17. The number of nitriles is 2. The number of rotatable bonds is 7. The van der Waals surface area contributed by atoms with Crippen LogP contribution < -0.4 is 10.5 Å². The Labute approximate surface area is 148 Å². The van der Waals surface area contributed by atoms with Gasteiger partial charge in [0, 0.05) is 11.3 Å². The van der Waals surface area contributed by atoms with Crippen molar-refractivity contribution in [3.8, 4) is 29.1 Å².